The number of ether oxygens (including phenoxy) is 1. The number of hydrogen-bond acceptors (Lipinski definition) is 7. The fraction of sp³-hybridized carbons (Fsp3) is 0.500. The normalized spacial score (nSPS) is 24.7. The number of halogens is 1. The van der Waals surface area contributed by atoms with Gasteiger partial charge in [-0.15, -0.1) is 23.7 Å². The lowest BCUT2D eigenvalue weighted by Crippen LogP contribution is -2.50. The summed E-state index contributed by atoms with van der Waals surface area (Å²) < 4.78 is 5.80. The Bertz CT molecular complexity index is 788. The molecule has 0 aromatic carbocycles. The van der Waals surface area contributed by atoms with Gasteiger partial charge in [0.25, 0.3) is 0 Å². The average molecular weight is 410 g/mol. The van der Waals surface area contributed by atoms with Crippen LogP contribution in [0.5, 0.6) is 0 Å². The fourth-order valence-electron chi connectivity index (χ4n) is 3.26. The molecule has 9 heteroatoms. The second-order valence-corrected chi connectivity index (χ2v) is 7.72. The number of morpholine rings is 1. The predicted molar refractivity (Wildman–Crippen MR) is 110 cm³/mol. The first-order valence-corrected chi connectivity index (χ1v) is 9.84. The quantitative estimate of drug-likeness (QED) is 0.807. The summed E-state index contributed by atoms with van der Waals surface area (Å²) in [6.45, 7) is 6.72. The molecule has 2 N–H and O–H groups in total. The van der Waals surface area contributed by atoms with Crippen molar-refractivity contribution in [3.8, 4) is 11.4 Å². The highest BCUT2D eigenvalue weighted by Crippen LogP contribution is 2.26. The largest absolute Gasteiger partial charge is 0.372 e. The molecule has 2 fully saturated rings. The van der Waals surface area contributed by atoms with Gasteiger partial charge in [-0.05, 0) is 38.9 Å². The maximum atomic E-state index is 12.0. The van der Waals surface area contributed by atoms with E-state index in [4.69, 9.17) is 9.72 Å². The average Bonchev–Trinajstić information content (AvgIpc) is 3.01. The third-order valence-electron chi connectivity index (χ3n) is 4.61. The first kappa shape index (κ1) is 20.0. The minimum Gasteiger partial charge on any atom is -0.372 e. The minimum atomic E-state index is -0.0888. The van der Waals surface area contributed by atoms with E-state index in [-0.39, 0.29) is 36.6 Å². The molecular formula is C18H24ClN5O2S. The van der Waals surface area contributed by atoms with Gasteiger partial charge >= 0.3 is 0 Å². The van der Waals surface area contributed by atoms with E-state index in [9.17, 15) is 4.79 Å². The summed E-state index contributed by atoms with van der Waals surface area (Å²) in [6.07, 6.45) is 1.25. The number of amides is 1. The highest BCUT2D eigenvalue weighted by Gasteiger charge is 2.25. The molecule has 27 heavy (non-hydrogen) atoms. The van der Waals surface area contributed by atoms with E-state index in [0.717, 1.165) is 43.3 Å². The van der Waals surface area contributed by atoms with Gasteiger partial charge in [-0.25, -0.2) is 9.97 Å². The second-order valence-electron chi connectivity index (χ2n) is 6.87. The van der Waals surface area contributed by atoms with Crippen LogP contribution in [0.4, 0.5) is 10.9 Å². The Morgan fingerprint density at radius 1 is 1.26 bits per heavy atom. The molecule has 0 unspecified atom stereocenters. The molecule has 2 saturated heterocycles. The predicted octanol–water partition coefficient (Wildman–Crippen LogP) is 2.54. The van der Waals surface area contributed by atoms with Gasteiger partial charge in [0.1, 0.15) is 11.5 Å². The second kappa shape index (κ2) is 8.52. The number of aromatic nitrogens is 2. The van der Waals surface area contributed by atoms with Gasteiger partial charge in [0.05, 0.1) is 23.9 Å². The van der Waals surface area contributed by atoms with Crippen molar-refractivity contribution < 1.29 is 9.53 Å². The Kier molecular flexibility index (Phi) is 6.31. The van der Waals surface area contributed by atoms with Crippen LogP contribution in [0.1, 0.15) is 20.3 Å². The molecule has 0 bridgehead atoms. The van der Waals surface area contributed by atoms with Gasteiger partial charge in [-0.2, -0.15) is 0 Å². The van der Waals surface area contributed by atoms with Crippen molar-refractivity contribution in [2.24, 2.45) is 0 Å². The van der Waals surface area contributed by atoms with Gasteiger partial charge in [-0.3, -0.25) is 4.79 Å². The molecule has 0 saturated carbocycles. The molecule has 0 aliphatic carbocycles. The number of anilines is 2. The highest BCUT2D eigenvalue weighted by atomic mass is 35.5. The lowest BCUT2D eigenvalue weighted by atomic mass is 10.1. The molecule has 0 spiro atoms. The van der Waals surface area contributed by atoms with Crippen molar-refractivity contribution in [3.63, 3.8) is 0 Å². The Morgan fingerprint density at radius 3 is 2.67 bits per heavy atom. The molecule has 2 aromatic heterocycles. The number of hydrogen-bond donors (Lipinski definition) is 2. The monoisotopic (exact) mass is 409 g/mol. The number of thiazole rings is 1. The van der Waals surface area contributed by atoms with E-state index in [1.807, 2.05) is 23.6 Å². The summed E-state index contributed by atoms with van der Waals surface area (Å²) in [5.41, 5.74) is 1.59. The van der Waals surface area contributed by atoms with Crippen LogP contribution in [0.15, 0.2) is 23.6 Å². The third-order valence-corrected chi connectivity index (χ3v) is 5.37. The van der Waals surface area contributed by atoms with Crippen molar-refractivity contribution in [2.75, 3.05) is 29.9 Å². The molecule has 2 aromatic rings. The molecular weight excluding hydrogens is 386 g/mol. The van der Waals surface area contributed by atoms with E-state index >= 15 is 0 Å². The zero-order valence-electron chi connectivity index (χ0n) is 15.3. The summed E-state index contributed by atoms with van der Waals surface area (Å²) in [5, 5.41) is 8.51. The van der Waals surface area contributed by atoms with Crippen LogP contribution in [0, 0.1) is 0 Å². The number of pyridine rings is 1. The molecule has 1 amide bonds. The Balaban J connectivity index is 0.00000210. The molecule has 146 valence electrons. The molecule has 7 nitrogen and oxygen atoms in total. The maximum Gasteiger partial charge on any atom is 0.243 e. The van der Waals surface area contributed by atoms with Gasteiger partial charge in [0.2, 0.25) is 5.91 Å². The van der Waals surface area contributed by atoms with Crippen LogP contribution in [0.2, 0.25) is 0 Å². The van der Waals surface area contributed by atoms with Crippen molar-refractivity contribution >= 4 is 40.6 Å². The van der Waals surface area contributed by atoms with Crippen LogP contribution in [0.3, 0.4) is 0 Å². The number of nitrogens with one attached hydrogen (secondary N) is 2. The molecule has 3 atom stereocenters. The molecule has 4 heterocycles. The van der Waals surface area contributed by atoms with E-state index < -0.39 is 0 Å². The molecule has 2 aliphatic rings. The highest BCUT2D eigenvalue weighted by molar-refractivity contribution is 7.14. The van der Waals surface area contributed by atoms with E-state index in [1.54, 1.807) is 0 Å². The van der Waals surface area contributed by atoms with Crippen LogP contribution in [0.25, 0.3) is 11.4 Å². The first-order chi connectivity index (χ1) is 12.6. The van der Waals surface area contributed by atoms with E-state index in [2.05, 4.69) is 34.4 Å². The SMILES string of the molecule is C[C@@H]1CN(c2cccc(-c3csc(NC(=O)[C@H]4CCN4)n3)n2)C[C@H](C)O1.Cl. The van der Waals surface area contributed by atoms with Gasteiger partial charge < -0.3 is 20.3 Å². The first-order valence-electron chi connectivity index (χ1n) is 8.96. The van der Waals surface area contributed by atoms with E-state index in [0.29, 0.717) is 5.13 Å². The van der Waals surface area contributed by atoms with E-state index in [1.165, 1.54) is 11.3 Å². The van der Waals surface area contributed by atoms with Crippen LogP contribution in [-0.4, -0.2) is 53.8 Å². The van der Waals surface area contributed by atoms with Crippen molar-refractivity contribution in [1.29, 1.82) is 0 Å². The molecule has 0 radical (unpaired) electrons. The van der Waals surface area contributed by atoms with Crippen molar-refractivity contribution in [2.45, 2.75) is 38.5 Å². The number of nitrogens with zero attached hydrogens (tertiary/aromatic N) is 3. The lowest BCUT2D eigenvalue weighted by molar-refractivity contribution is -0.119. The maximum absolute atomic E-state index is 12.0. The Hall–Kier alpha value is -1.74. The zero-order chi connectivity index (χ0) is 18.1. The summed E-state index contributed by atoms with van der Waals surface area (Å²) in [4.78, 5) is 23.6. The van der Waals surface area contributed by atoms with Gasteiger partial charge in [0.15, 0.2) is 5.13 Å². The van der Waals surface area contributed by atoms with Gasteiger partial charge in [-0.1, -0.05) is 6.07 Å². The van der Waals surface area contributed by atoms with Crippen LogP contribution in [-0.2, 0) is 9.53 Å². The van der Waals surface area contributed by atoms with Crippen molar-refractivity contribution in [3.05, 3.63) is 23.6 Å². The van der Waals surface area contributed by atoms with Gasteiger partial charge in [0, 0.05) is 18.5 Å². The minimum absolute atomic E-state index is 0. The standard InChI is InChI=1S/C18H23N5O2S.ClH/c1-11-8-23(9-12(2)25-11)16-5-3-4-13(20-16)15-10-26-18(21-15)22-17(24)14-6-7-19-14;/h3-5,10-12,14,19H,6-9H2,1-2H3,(H,21,22,24);1H/t11-,12+,14-;/m1./s1. The smallest absolute Gasteiger partial charge is 0.243 e. The number of carbonyl (C=O) groups excluding carboxylic acids is 1. The number of rotatable bonds is 4. The topological polar surface area (TPSA) is 79.4 Å². The van der Waals surface area contributed by atoms with Crippen LogP contribution >= 0.6 is 23.7 Å². The molecule has 4 rings (SSSR count). The summed E-state index contributed by atoms with van der Waals surface area (Å²) in [5.74, 6) is 0.914. The number of carbonyl (C=O) groups is 1. The summed E-state index contributed by atoms with van der Waals surface area (Å²) >= 11 is 1.42. The Morgan fingerprint density at radius 2 is 2.00 bits per heavy atom. The van der Waals surface area contributed by atoms with Crippen LogP contribution < -0.4 is 15.5 Å². The third kappa shape index (κ3) is 4.57. The molecule has 2 aliphatic heterocycles. The Labute approximate surface area is 168 Å². The summed E-state index contributed by atoms with van der Waals surface area (Å²) in [7, 11) is 0. The summed E-state index contributed by atoms with van der Waals surface area (Å²) in [6, 6.07) is 5.88. The fourth-order valence-corrected chi connectivity index (χ4v) is 3.97. The zero-order valence-corrected chi connectivity index (χ0v) is 17.0. The van der Waals surface area contributed by atoms with Crippen molar-refractivity contribution in [1.82, 2.24) is 15.3 Å². The lowest BCUT2D eigenvalue weighted by Gasteiger charge is -2.36.